The van der Waals surface area contributed by atoms with Crippen LogP contribution in [0.4, 0.5) is 0 Å². The first-order chi connectivity index (χ1) is 6.38. The van der Waals surface area contributed by atoms with Crippen LogP contribution in [-0.4, -0.2) is 24.5 Å². The number of hydrogen-bond acceptors (Lipinski definition) is 4. The van der Waals surface area contributed by atoms with Gasteiger partial charge in [-0.3, -0.25) is 4.79 Å². The third kappa shape index (κ3) is 1.95. The van der Waals surface area contributed by atoms with Crippen molar-refractivity contribution in [2.24, 2.45) is 5.92 Å². The summed E-state index contributed by atoms with van der Waals surface area (Å²) >= 11 is 0. The predicted molar refractivity (Wildman–Crippen MR) is 46.6 cm³/mol. The molecule has 13 heavy (non-hydrogen) atoms. The van der Waals surface area contributed by atoms with Gasteiger partial charge in [0.1, 0.15) is 11.5 Å². The molecule has 2 heterocycles. The molecule has 1 aliphatic rings. The molecule has 0 saturated carbocycles. The first-order valence-corrected chi connectivity index (χ1v) is 4.50. The molecule has 1 unspecified atom stereocenters. The first-order valence-electron chi connectivity index (χ1n) is 4.50. The molecular weight excluding hydrogens is 168 g/mol. The van der Waals surface area contributed by atoms with Gasteiger partial charge in [-0.2, -0.15) is 0 Å². The summed E-state index contributed by atoms with van der Waals surface area (Å²) in [7, 11) is 0. The van der Waals surface area contributed by atoms with Crippen molar-refractivity contribution in [2.75, 3.05) is 13.1 Å². The number of aldehydes is 1. The summed E-state index contributed by atoms with van der Waals surface area (Å²) < 4.78 is 5.01. The quantitative estimate of drug-likeness (QED) is 0.693. The smallest absolute Gasteiger partial charge is 0.171 e. The van der Waals surface area contributed by atoms with Gasteiger partial charge in [0.05, 0.1) is 0 Å². The molecule has 0 amide bonds. The van der Waals surface area contributed by atoms with Crippen LogP contribution in [0.25, 0.3) is 0 Å². The largest absolute Gasteiger partial charge is 0.361 e. The Morgan fingerprint density at radius 1 is 1.77 bits per heavy atom. The summed E-state index contributed by atoms with van der Waals surface area (Å²) in [5.74, 6) is 1.45. The normalized spacial score (nSPS) is 22.0. The molecule has 1 aromatic rings. The Hall–Kier alpha value is -1.16. The van der Waals surface area contributed by atoms with Crippen LogP contribution in [0.2, 0.25) is 0 Å². The fraction of sp³-hybridized carbons (Fsp3) is 0.556. The summed E-state index contributed by atoms with van der Waals surface area (Å²) in [4.78, 5) is 10.3. The van der Waals surface area contributed by atoms with Gasteiger partial charge in [0.25, 0.3) is 0 Å². The maximum absolute atomic E-state index is 10.3. The molecule has 0 aromatic carbocycles. The lowest BCUT2D eigenvalue weighted by Gasteiger charge is -2.02. The van der Waals surface area contributed by atoms with Gasteiger partial charge in [-0.1, -0.05) is 5.16 Å². The number of nitrogens with one attached hydrogen (secondary N) is 1. The molecule has 2 rings (SSSR count). The first kappa shape index (κ1) is 8.44. The second-order valence-electron chi connectivity index (χ2n) is 3.40. The number of carbonyl (C=O) groups excluding carboxylic acids is 1. The Kier molecular flexibility index (Phi) is 2.40. The van der Waals surface area contributed by atoms with Gasteiger partial charge in [0.15, 0.2) is 6.29 Å². The van der Waals surface area contributed by atoms with Gasteiger partial charge in [-0.25, -0.2) is 0 Å². The molecule has 4 nitrogen and oxygen atoms in total. The molecule has 0 aliphatic carbocycles. The van der Waals surface area contributed by atoms with E-state index in [1.807, 2.05) is 0 Å². The molecule has 1 atom stereocenters. The summed E-state index contributed by atoms with van der Waals surface area (Å²) in [5, 5.41) is 6.90. The minimum absolute atomic E-state index is 0.390. The zero-order valence-electron chi connectivity index (χ0n) is 7.32. The molecule has 1 N–H and O–H groups in total. The monoisotopic (exact) mass is 180 g/mol. The van der Waals surface area contributed by atoms with Gasteiger partial charge in [-0.05, 0) is 25.4 Å². The Labute approximate surface area is 76.3 Å². The van der Waals surface area contributed by atoms with Crippen molar-refractivity contribution in [3.8, 4) is 0 Å². The van der Waals surface area contributed by atoms with Crippen LogP contribution >= 0.6 is 0 Å². The van der Waals surface area contributed by atoms with Gasteiger partial charge >= 0.3 is 0 Å². The van der Waals surface area contributed by atoms with E-state index in [-0.39, 0.29) is 0 Å². The second-order valence-corrected chi connectivity index (χ2v) is 3.40. The highest BCUT2D eigenvalue weighted by molar-refractivity contribution is 5.71. The van der Waals surface area contributed by atoms with Gasteiger partial charge in [-0.15, -0.1) is 0 Å². The van der Waals surface area contributed by atoms with Crippen LogP contribution in [0.1, 0.15) is 22.7 Å². The number of rotatable bonds is 3. The molecule has 1 aliphatic heterocycles. The molecule has 0 bridgehead atoms. The number of aromatic nitrogens is 1. The van der Waals surface area contributed by atoms with E-state index in [0.29, 0.717) is 17.9 Å². The lowest BCUT2D eigenvalue weighted by atomic mass is 10.0. The fourth-order valence-electron chi connectivity index (χ4n) is 1.65. The van der Waals surface area contributed by atoms with Gasteiger partial charge in [0.2, 0.25) is 0 Å². The minimum Gasteiger partial charge on any atom is -0.361 e. The minimum atomic E-state index is 0.390. The third-order valence-electron chi connectivity index (χ3n) is 2.35. The highest BCUT2D eigenvalue weighted by atomic mass is 16.5. The number of hydrogen-bond donors (Lipinski definition) is 1. The van der Waals surface area contributed by atoms with Crippen LogP contribution in [0, 0.1) is 5.92 Å². The van der Waals surface area contributed by atoms with Crippen molar-refractivity contribution in [1.82, 2.24) is 10.5 Å². The topological polar surface area (TPSA) is 55.1 Å². The predicted octanol–water partition coefficient (Wildman–Crippen LogP) is 0.639. The molecular formula is C9H12N2O2. The average Bonchev–Trinajstić information content (AvgIpc) is 2.76. The van der Waals surface area contributed by atoms with E-state index >= 15 is 0 Å². The van der Waals surface area contributed by atoms with Gasteiger partial charge in [0, 0.05) is 12.5 Å². The number of nitrogens with zero attached hydrogens (tertiary/aromatic N) is 1. The molecule has 1 saturated heterocycles. The Balaban J connectivity index is 1.96. The lowest BCUT2D eigenvalue weighted by Crippen LogP contribution is -2.10. The van der Waals surface area contributed by atoms with E-state index in [9.17, 15) is 4.79 Å². The fourth-order valence-corrected chi connectivity index (χ4v) is 1.65. The van der Waals surface area contributed by atoms with E-state index in [1.54, 1.807) is 6.07 Å². The maximum atomic E-state index is 10.3. The van der Waals surface area contributed by atoms with Crippen LogP contribution in [0.3, 0.4) is 0 Å². The van der Waals surface area contributed by atoms with Crippen molar-refractivity contribution >= 4 is 6.29 Å². The van der Waals surface area contributed by atoms with Crippen molar-refractivity contribution < 1.29 is 9.32 Å². The zero-order valence-corrected chi connectivity index (χ0v) is 7.32. The highest BCUT2D eigenvalue weighted by Crippen LogP contribution is 2.15. The van der Waals surface area contributed by atoms with Crippen LogP contribution < -0.4 is 5.32 Å². The van der Waals surface area contributed by atoms with Crippen molar-refractivity contribution in [1.29, 1.82) is 0 Å². The molecule has 4 heteroatoms. The molecule has 0 spiro atoms. The van der Waals surface area contributed by atoms with Crippen molar-refractivity contribution in [3.05, 3.63) is 17.5 Å². The van der Waals surface area contributed by atoms with E-state index in [1.165, 1.54) is 6.42 Å². The van der Waals surface area contributed by atoms with Crippen LogP contribution in [-0.2, 0) is 6.42 Å². The van der Waals surface area contributed by atoms with Gasteiger partial charge < -0.3 is 9.84 Å². The second kappa shape index (κ2) is 3.70. The van der Waals surface area contributed by atoms with E-state index < -0.39 is 0 Å². The summed E-state index contributed by atoms with van der Waals surface area (Å²) in [5.41, 5.74) is 0.390. The Morgan fingerprint density at radius 3 is 3.31 bits per heavy atom. The SMILES string of the molecule is O=Cc1cc(CC2CCNC2)on1. The van der Waals surface area contributed by atoms with Crippen LogP contribution in [0.5, 0.6) is 0 Å². The third-order valence-corrected chi connectivity index (χ3v) is 2.35. The van der Waals surface area contributed by atoms with Crippen molar-refractivity contribution in [2.45, 2.75) is 12.8 Å². The molecule has 1 aromatic heterocycles. The summed E-state index contributed by atoms with van der Waals surface area (Å²) in [6.45, 7) is 2.12. The molecule has 70 valence electrons. The summed E-state index contributed by atoms with van der Waals surface area (Å²) in [6, 6.07) is 1.71. The average molecular weight is 180 g/mol. The standard InChI is InChI=1S/C9H12N2O2/c12-6-8-4-9(13-11-8)3-7-1-2-10-5-7/h4,6-7,10H,1-3,5H2. The van der Waals surface area contributed by atoms with Crippen molar-refractivity contribution in [3.63, 3.8) is 0 Å². The zero-order chi connectivity index (χ0) is 9.10. The number of carbonyl (C=O) groups is 1. The molecule has 1 fully saturated rings. The maximum Gasteiger partial charge on any atom is 0.171 e. The Morgan fingerprint density at radius 2 is 2.69 bits per heavy atom. The summed E-state index contributed by atoms with van der Waals surface area (Å²) in [6.07, 6.45) is 2.77. The lowest BCUT2D eigenvalue weighted by molar-refractivity contribution is 0.111. The Bertz CT molecular complexity index is 290. The molecule has 0 radical (unpaired) electrons. The highest BCUT2D eigenvalue weighted by Gasteiger charge is 2.17. The van der Waals surface area contributed by atoms with E-state index in [0.717, 1.165) is 25.3 Å². The van der Waals surface area contributed by atoms with E-state index in [4.69, 9.17) is 4.52 Å². The van der Waals surface area contributed by atoms with Crippen LogP contribution in [0.15, 0.2) is 10.6 Å². The van der Waals surface area contributed by atoms with E-state index in [2.05, 4.69) is 10.5 Å².